The molecule has 0 aliphatic heterocycles. The first-order chi connectivity index (χ1) is 29.5. The van der Waals surface area contributed by atoms with E-state index in [1.807, 2.05) is 6.07 Å². The number of rotatable bonds is 6. The van der Waals surface area contributed by atoms with E-state index in [1.165, 1.54) is 55.6 Å². The molecule has 12 rings (SSSR count). The molecule has 60 heavy (non-hydrogen) atoms. The molecule has 2 atom stereocenters. The number of para-hydroxylation sites is 2. The van der Waals surface area contributed by atoms with Crippen molar-refractivity contribution in [1.82, 2.24) is 0 Å². The Balaban J connectivity index is 1.09. The van der Waals surface area contributed by atoms with Crippen LogP contribution in [0.5, 0.6) is 0 Å². The van der Waals surface area contributed by atoms with Crippen LogP contribution < -0.4 is 4.90 Å². The molecule has 2 aliphatic rings. The van der Waals surface area contributed by atoms with Crippen LogP contribution in [0.1, 0.15) is 47.2 Å². The summed E-state index contributed by atoms with van der Waals surface area (Å²) in [5.74, 6) is 0. The van der Waals surface area contributed by atoms with Crippen molar-refractivity contribution >= 4 is 39.0 Å². The molecule has 1 aromatic heterocycles. The number of nitrogens with zero attached hydrogens (tertiary/aromatic N) is 1. The van der Waals surface area contributed by atoms with Gasteiger partial charge in [-0.05, 0) is 118 Å². The smallest absolute Gasteiger partial charge is 0.143 e. The highest BCUT2D eigenvalue weighted by molar-refractivity contribution is 6.09. The molecule has 2 nitrogen and oxygen atoms in total. The average molecular weight is 768 g/mol. The van der Waals surface area contributed by atoms with Crippen LogP contribution in [-0.2, 0) is 10.8 Å². The molecule has 2 heteroatoms. The van der Waals surface area contributed by atoms with E-state index in [9.17, 15) is 0 Å². The van der Waals surface area contributed by atoms with Gasteiger partial charge in [0.25, 0.3) is 0 Å². The molecule has 0 radical (unpaired) electrons. The van der Waals surface area contributed by atoms with E-state index in [0.717, 1.165) is 50.1 Å². The van der Waals surface area contributed by atoms with E-state index in [2.05, 4.69) is 225 Å². The lowest BCUT2D eigenvalue weighted by Crippen LogP contribution is -2.23. The lowest BCUT2D eigenvalue weighted by atomic mass is 9.74. The molecular weight excluding hydrogens is 727 g/mol. The Kier molecular flexibility index (Phi) is 7.52. The Morgan fingerprint density at radius 3 is 1.43 bits per heavy atom. The number of hydrogen-bond acceptors (Lipinski definition) is 2. The van der Waals surface area contributed by atoms with Crippen molar-refractivity contribution in [3.8, 4) is 33.4 Å². The summed E-state index contributed by atoms with van der Waals surface area (Å²) in [7, 11) is 0. The predicted octanol–water partition coefficient (Wildman–Crippen LogP) is 15.4. The van der Waals surface area contributed by atoms with Gasteiger partial charge in [-0.25, -0.2) is 0 Å². The van der Waals surface area contributed by atoms with E-state index in [-0.39, 0.29) is 10.8 Å². The molecule has 0 fully saturated rings. The summed E-state index contributed by atoms with van der Waals surface area (Å²) in [6.45, 7) is 4.79. The molecule has 284 valence electrons. The number of benzene rings is 9. The van der Waals surface area contributed by atoms with Crippen LogP contribution >= 0.6 is 0 Å². The van der Waals surface area contributed by atoms with Gasteiger partial charge in [0.15, 0.2) is 0 Å². The lowest BCUT2D eigenvalue weighted by Gasteiger charge is -2.32. The number of fused-ring (bicyclic) bond motifs is 9. The Morgan fingerprint density at radius 1 is 0.350 bits per heavy atom. The minimum absolute atomic E-state index is 0.334. The van der Waals surface area contributed by atoms with E-state index < -0.39 is 0 Å². The van der Waals surface area contributed by atoms with Gasteiger partial charge in [-0.1, -0.05) is 170 Å². The third-order valence-electron chi connectivity index (χ3n) is 13.6. The van der Waals surface area contributed by atoms with Gasteiger partial charge < -0.3 is 9.32 Å². The molecule has 9 aromatic carbocycles. The van der Waals surface area contributed by atoms with E-state index >= 15 is 0 Å². The summed E-state index contributed by atoms with van der Waals surface area (Å²) in [6, 6.07) is 77.9. The Bertz CT molecular complexity index is 3160. The van der Waals surface area contributed by atoms with Crippen LogP contribution in [-0.4, -0.2) is 0 Å². The van der Waals surface area contributed by atoms with Crippen LogP contribution in [0, 0.1) is 0 Å². The van der Waals surface area contributed by atoms with Gasteiger partial charge in [0.2, 0.25) is 0 Å². The predicted molar refractivity (Wildman–Crippen MR) is 249 cm³/mol. The topological polar surface area (TPSA) is 16.4 Å². The molecule has 2 aliphatic carbocycles. The highest BCUT2D eigenvalue weighted by Gasteiger charge is 2.43. The number of furan rings is 1. The molecule has 10 aromatic rings. The average Bonchev–Trinajstić information content (AvgIpc) is 3.91. The first-order valence-electron chi connectivity index (χ1n) is 20.9. The van der Waals surface area contributed by atoms with Gasteiger partial charge in [0, 0.05) is 44.2 Å². The molecule has 0 saturated heterocycles. The Labute approximate surface area is 350 Å². The first kappa shape index (κ1) is 34.6. The van der Waals surface area contributed by atoms with E-state index in [4.69, 9.17) is 4.42 Å². The highest BCUT2D eigenvalue weighted by atomic mass is 16.3. The molecule has 0 amide bonds. The summed E-state index contributed by atoms with van der Waals surface area (Å²) in [5, 5.41) is 2.26. The number of anilines is 3. The lowest BCUT2D eigenvalue weighted by molar-refractivity contribution is 0.670. The van der Waals surface area contributed by atoms with Crippen molar-refractivity contribution in [3.05, 3.63) is 246 Å². The summed E-state index contributed by atoms with van der Waals surface area (Å²) in [6.07, 6.45) is 0. The zero-order chi connectivity index (χ0) is 40.0. The van der Waals surface area contributed by atoms with Gasteiger partial charge in [-0.3, -0.25) is 0 Å². The summed E-state index contributed by atoms with van der Waals surface area (Å²) in [4.78, 5) is 2.46. The third-order valence-corrected chi connectivity index (χ3v) is 13.6. The molecule has 2 unspecified atom stereocenters. The fourth-order valence-electron chi connectivity index (χ4n) is 10.6. The van der Waals surface area contributed by atoms with Gasteiger partial charge in [-0.2, -0.15) is 0 Å². The van der Waals surface area contributed by atoms with Gasteiger partial charge in [0.1, 0.15) is 11.2 Å². The standard InChI is InChI=1S/C58H41NO/c1-57(39-18-5-3-6-19-39)51-28-12-9-23-45(51)47-33-31-42(36-53(47)57)59(41-22-15-17-38(35-41)44-26-16-27-50-49-25-11-14-30-55(49)60-56(44)50)43-32-34-48-46-24-10-13-29-52(46)58(2,54(48)37-43)40-20-7-4-8-21-40/h3-37H,1-2H3. The van der Waals surface area contributed by atoms with Crippen molar-refractivity contribution in [1.29, 1.82) is 0 Å². The maximum Gasteiger partial charge on any atom is 0.143 e. The maximum atomic E-state index is 6.59. The second kappa shape index (κ2) is 13.0. The van der Waals surface area contributed by atoms with Gasteiger partial charge in [-0.15, -0.1) is 0 Å². The Hall–Kier alpha value is -7.42. The molecule has 0 bridgehead atoms. The second-order valence-electron chi connectivity index (χ2n) is 16.7. The van der Waals surface area contributed by atoms with Crippen molar-refractivity contribution in [2.45, 2.75) is 24.7 Å². The zero-order valence-electron chi connectivity index (χ0n) is 33.6. The van der Waals surface area contributed by atoms with E-state index in [1.54, 1.807) is 0 Å². The van der Waals surface area contributed by atoms with E-state index in [0.29, 0.717) is 0 Å². The third kappa shape index (κ3) is 4.88. The fourth-order valence-corrected chi connectivity index (χ4v) is 10.6. The molecule has 0 N–H and O–H groups in total. The maximum absolute atomic E-state index is 6.59. The van der Waals surface area contributed by atoms with Gasteiger partial charge in [0.05, 0.1) is 0 Å². The molecule has 0 saturated carbocycles. The monoisotopic (exact) mass is 767 g/mol. The van der Waals surface area contributed by atoms with Gasteiger partial charge >= 0.3 is 0 Å². The van der Waals surface area contributed by atoms with Crippen LogP contribution in [0.3, 0.4) is 0 Å². The molecule has 0 spiro atoms. The fraction of sp³-hybridized carbons (Fsp3) is 0.0690. The van der Waals surface area contributed by atoms with Crippen molar-refractivity contribution in [2.24, 2.45) is 0 Å². The van der Waals surface area contributed by atoms with Crippen molar-refractivity contribution in [2.75, 3.05) is 4.90 Å². The number of hydrogen-bond donors (Lipinski definition) is 0. The zero-order valence-corrected chi connectivity index (χ0v) is 33.6. The van der Waals surface area contributed by atoms with Crippen LogP contribution in [0.4, 0.5) is 17.1 Å². The second-order valence-corrected chi connectivity index (χ2v) is 16.7. The molecular formula is C58H41NO. The largest absolute Gasteiger partial charge is 0.455 e. The summed E-state index contributed by atoms with van der Waals surface area (Å²) in [5.41, 5.74) is 19.7. The SMILES string of the molecule is CC1(c2ccccc2)c2ccccc2-c2ccc(N(c3cccc(-c4cccc5c4oc4ccccc45)c3)c3ccc4c(c3)C(C)(c3ccccc3)c3ccccc3-4)cc21. The highest BCUT2D eigenvalue weighted by Crippen LogP contribution is 2.56. The van der Waals surface area contributed by atoms with Crippen LogP contribution in [0.15, 0.2) is 217 Å². The minimum atomic E-state index is -0.334. The minimum Gasteiger partial charge on any atom is -0.455 e. The Morgan fingerprint density at radius 2 is 0.817 bits per heavy atom. The quantitative estimate of drug-likeness (QED) is 0.168. The summed E-state index contributed by atoms with van der Waals surface area (Å²) >= 11 is 0. The van der Waals surface area contributed by atoms with Crippen molar-refractivity contribution in [3.63, 3.8) is 0 Å². The van der Waals surface area contributed by atoms with Crippen molar-refractivity contribution < 1.29 is 4.42 Å². The summed E-state index contributed by atoms with van der Waals surface area (Å²) < 4.78 is 6.59. The first-order valence-corrected chi connectivity index (χ1v) is 20.9. The molecule has 1 heterocycles. The van der Waals surface area contributed by atoms with Crippen LogP contribution in [0.2, 0.25) is 0 Å². The van der Waals surface area contributed by atoms with Crippen LogP contribution in [0.25, 0.3) is 55.3 Å². The normalized spacial score (nSPS) is 17.3.